The van der Waals surface area contributed by atoms with Crippen molar-refractivity contribution in [3.05, 3.63) is 0 Å². The van der Waals surface area contributed by atoms with Gasteiger partial charge in [-0.25, -0.2) is 4.79 Å². The van der Waals surface area contributed by atoms with Gasteiger partial charge in [0, 0.05) is 13.1 Å². The van der Waals surface area contributed by atoms with Gasteiger partial charge in [0.2, 0.25) is 0 Å². The molecule has 0 bridgehead atoms. The predicted octanol–water partition coefficient (Wildman–Crippen LogP) is 0.847. The third-order valence-electron chi connectivity index (χ3n) is 1.67. The molecule has 0 radical (unpaired) electrons. The fraction of sp³-hybridized carbons (Fsp3) is 0.833. The topological polar surface area (TPSA) is 32.3 Å². The van der Waals surface area contributed by atoms with Gasteiger partial charge in [-0.3, -0.25) is 0 Å². The van der Waals surface area contributed by atoms with Crippen LogP contribution in [0, 0.1) is 0 Å². The fourth-order valence-corrected chi connectivity index (χ4v) is 2.58. The van der Waals surface area contributed by atoms with Gasteiger partial charge in [-0.15, -0.1) is 0 Å². The molecule has 1 aliphatic rings. The Bertz CT molecular complexity index is 152. The number of urea groups is 1. The largest absolute Gasteiger partial charge is 0.351 e. The standard InChI is InChI=1S/C6H14N2OSi/c1-10(2,3)8-5-4-7-6(8)9/h4-5H2,1-3H3,(H,7,9). The van der Waals surface area contributed by atoms with E-state index in [0.717, 1.165) is 13.1 Å². The summed E-state index contributed by atoms with van der Waals surface area (Å²) in [6.45, 7) is 8.26. The molecule has 0 saturated carbocycles. The Morgan fingerprint density at radius 2 is 2.10 bits per heavy atom. The summed E-state index contributed by atoms with van der Waals surface area (Å²) < 4.78 is 1.98. The minimum atomic E-state index is -1.37. The van der Waals surface area contributed by atoms with E-state index in [2.05, 4.69) is 25.0 Å². The third kappa shape index (κ3) is 1.31. The molecule has 4 heteroatoms. The van der Waals surface area contributed by atoms with Crippen molar-refractivity contribution < 1.29 is 4.79 Å². The number of hydrogen-bond donors (Lipinski definition) is 1. The first kappa shape index (κ1) is 7.59. The predicted molar refractivity (Wildman–Crippen MR) is 43.5 cm³/mol. The van der Waals surface area contributed by atoms with E-state index in [9.17, 15) is 4.79 Å². The molecule has 1 N–H and O–H groups in total. The third-order valence-corrected chi connectivity index (χ3v) is 3.71. The van der Waals surface area contributed by atoms with Gasteiger partial charge in [0.05, 0.1) is 0 Å². The van der Waals surface area contributed by atoms with Gasteiger partial charge in [-0.1, -0.05) is 19.6 Å². The fourth-order valence-electron chi connectivity index (χ4n) is 1.11. The molecule has 0 atom stereocenters. The average Bonchev–Trinajstić information content (AvgIpc) is 2.11. The zero-order chi connectivity index (χ0) is 7.78. The smallest absolute Gasteiger partial charge is 0.309 e. The molecule has 0 aromatic rings. The van der Waals surface area contributed by atoms with Crippen molar-refractivity contribution in [1.29, 1.82) is 0 Å². The number of rotatable bonds is 1. The van der Waals surface area contributed by atoms with Crippen molar-refractivity contribution in [2.24, 2.45) is 0 Å². The number of carbonyl (C=O) groups excluding carboxylic acids is 1. The Balaban J connectivity index is 2.64. The van der Waals surface area contributed by atoms with Gasteiger partial charge in [-0.05, 0) is 0 Å². The van der Waals surface area contributed by atoms with Crippen molar-refractivity contribution in [3.63, 3.8) is 0 Å². The number of carbonyl (C=O) groups is 1. The molecule has 1 heterocycles. The van der Waals surface area contributed by atoms with E-state index in [1.165, 1.54) is 0 Å². The molecule has 3 nitrogen and oxygen atoms in total. The second kappa shape index (κ2) is 2.27. The molecule has 0 spiro atoms. The Kier molecular flexibility index (Phi) is 1.72. The monoisotopic (exact) mass is 158 g/mol. The second-order valence-electron chi connectivity index (χ2n) is 3.55. The van der Waals surface area contributed by atoms with Crippen LogP contribution in [0.2, 0.25) is 19.6 Å². The number of amides is 2. The lowest BCUT2D eigenvalue weighted by Gasteiger charge is -2.27. The van der Waals surface area contributed by atoms with Gasteiger partial charge in [0.1, 0.15) is 0 Å². The van der Waals surface area contributed by atoms with E-state index < -0.39 is 8.24 Å². The van der Waals surface area contributed by atoms with Gasteiger partial charge in [0.25, 0.3) is 0 Å². The van der Waals surface area contributed by atoms with Crippen LogP contribution in [0.1, 0.15) is 0 Å². The summed E-state index contributed by atoms with van der Waals surface area (Å²) >= 11 is 0. The Labute approximate surface area is 62.5 Å². The Morgan fingerprint density at radius 1 is 1.50 bits per heavy atom. The molecular formula is C6H14N2OSi. The van der Waals surface area contributed by atoms with E-state index in [1.807, 2.05) is 4.57 Å². The second-order valence-corrected chi connectivity index (χ2v) is 8.44. The first-order valence-corrected chi connectivity index (χ1v) is 7.02. The molecule has 1 saturated heterocycles. The lowest BCUT2D eigenvalue weighted by atomic mass is 10.7. The van der Waals surface area contributed by atoms with Gasteiger partial charge >= 0.3 is 6.03 Å². The highest BCUT2D eigenvalue weighted by Crippen LogP contribution is 2.11. The summed E-state index contributed by atoms with van der Waals surface area (Å²) in [7, 11) is -1.37. The van der Waals surface area contributed by atoms with Crippen LogP contribution in [0.15, 0.2) is 0 Å². The van der Waals surface area contributed by atoms with Crippen LogP contribution < -0.4 is 5.32 Å². The molecule has 0 aliphatic carbocycles. The van der Waals surface area contributed by atoms with Crippen LogP contribution >= 0.6 is 0 Å². The van der Waals surface area contributed by atoms with Crippen molar-refractivity contribution in [2.75, 3.05) is 13.1 Å². The maximum Gasteiger partial charge on any atom is 0.309 e. The molecule has 0 aromatic heterocycles. The highest BCUT2D eigenvalue weighted by Gasteiger charge is 2.31. The summed E-state index contributed by atoms with van der Waals surface area (Å²) in [5, 5.41) is 2.80. The summed E-state index contributed by atoms with van der Waals surface area (Å²) in [4.78, 5) is 11.1. The molecule has 0 unspecified atom stereocenters. The Morgan fingerprint density at radius 3 is 2.30 bits per heavy atom. The van der Waals surface area contributed by atoms with E-state index in [4.69, 9.17) is 0 Å². The maximum absolute atomic E-state index is 11.1. The van der Waals surface area contributed by atoms with E-state index in [1.54, 1.807) is 0 Å². The lowest BCUT2D eigenvalue weighted by Crippen LogP contribution is -2.47. The number of hydrogen-bond acceptors (Lipinski definition) is 1. The SMILES string of the molecule is C[Si](C)(C)N1CCNC1=O. The zero-order valence-electron chi connectivity index (χ0n) is 6.77. The highest BCUT2D eigenvalue weighted by atomic mass is 28.3. The molecule has 1 rings (SSSR count). The number of nitrogens with one attached hydrogen (secondary N) is 1. The lowest BCUT2D eigenvalue weighted by molar-refractivity contribution is 0.234. The van der Waals surface area contributed by atoms with E-state index in [0.29, 0.717) is 0 Å². The Hall–Kier alpha value is -0.513. The highest BCUT2D eigenvalue weighted by molar-refractivity contribution is 6.75. The first-order chi connectivity index (χ1) is 4.52. The summed E-state index contributed by atoms with van der Waals surface area (Å²) in [5.41, 5.74) is 0. The van der Waals surface area contributed by atoms with Crippen molar-refractivity contribution in [2.45, 2.75) is 19.6 Å². The molecule has 58 valence electrons. The van der Waals surface area contributed by atoms with Gasteiger partial charge < -0.3 is 9.88 Å². The number of nitrogens with zero attached hydrogens (tertiary/aromatic N) is 1. The molecular weight excluding hydrogens is 144 g/mol. The van der Waals surface area contributed by atoms with Crippen LogP contribution in [0.5, 0.6) is 0 Å². The maximum atomic E-state index is 11.1. The molecule has 0 aromatic carbocycles. The normalized spacial score (nSPS) is 19.5. The van der Waals surface area contributed by atoms with Crippen LogP contribution in [-0.2, 0) is 0 Å². The van der Waals surface area contributed by atoms with Crippen LogP contribution in [0.3, 0.4) is 0 Å². The first-order valence-electron chi connectivity index (χ1n) is 3.57. The zero-order valence-corrected chi connectivity index (χ0v) is 7.77. The van der Waals surface area contributed by atoms with Gasteiger partial charge in [0.15, 0.2) is 8.24 Å². The van der Waals surface area contributed by atoms with E-state index >= 15 is 0 Å². The molecule has 1 aliphatic heterocycles. The molecule has 1 fully saturated rings. The average molecular weight is 158 g/mol. The minimum Gasteiger partial charge on any atom is -0.351 e. The van der Waals surface area contributed by atoms with Gasteiger partial charge in [-0.2, -0.15) is 0 Å². The van der Waals surface area contributed by atoms with Crippen molar-refractivity contribution >= 4 is 14.3 Å². The summed E-state index contributed by atoms with van der Waals surface area (Å²) in [6, 6.07) is 0.124. The quantitative estimate of drug-likeness (QED) is 0.564. The molecule has 10 heavy (non-hydrogen) atoms. The molecule has 2 amide bonds. The minimum absolute atomic E-state index is 0.124. The van der Waals surface area contributed by atoms with Crippen LogP contribution in [0.25, 0.3) is 0 Å². The summed E-state index contributed by atoms with van der Waals surface area (Å²) in [5.74, 6) is 0. The van der Waals surface area contributed by atoms with Crippen molar-refractivity contribution in [1.82, 2.24) is 9.88 Å². The summed E-state index contributed by atoms with van der Waals surface area (Å²) in [6.07, 6.45) is 0. The van der Waals surface area contributed by atoms with E-state index in [-0.39, 0.29) is 6.03 Å². The van der Waals surface area contributed by atoms with Crippen LogP contribution in [-0.4, -0.2) is 31.9 Å². The van der Waals surface area contributed by atoms with Crippen molar-refractivity contribution in [3.8, 4) is 0 Å². The van der Waals surface area contributed by atoms with Crippen LogP contribution in [0.4, 0.5) is 4.79 Å².